The molecule has 0 bridgehead atoms. The summed E-state index contributed by atoms with van der Waals surface area (Å²) in [7, 11) is 0. The zero-order valence-electron chi connectivity index (χ0n) is 18.5. The Morgan fingerprint density at radius 1 is 1.09 bits per heavy atom. The van der Waals surface area contributed by atoms with Crippen LogP contribution >= 0.6 is 11.8 Å². The molecule has 2 N–H and O–H groups in total. The second-order valence-electron chi connectivity index (χ2n) is 9.23. The second-order valence-corrected chi connectivity index (χ2v) is 10.4. The highest BCUT2D eigenvalue weighted by atomic mass is 32.2. The number of rotatable bonds is 7. The minimum Gasteiger partial charge on any atom is -0.396 e. The molecule has 1 aliphatic carbocycles. The minimum absolute atomic E-state index is 0.223. The van der Waals surface area contributed by atoms with E-state index < -0.39 is 5.60 Å². The van der Waals surface area contributed by atoms with Crippen LogP contribution < -0.4 is 4.90 Å². The van der Waals surface area contributed by atoms with Crippen molar-refractivity contribution in [3.05, 3.63) is 60.0 Å². The maximum atomic E-state index is 10.3. The Morgan fingerprint density at radius 3 is 2.56 bits per heavy atom. The first kappa shape index (κ1) is 21.4. The topological polar surface area (TPSA) is 82.4 Å². The Bertz CT molecular complexity index is 1120. The largest absolute Gasteiger partial charge is 0.396 e. The van der Waals surface area contributed by atoms with Gasteiger partial charge in [0, 0.05) is 59.1 Å². The summed E-state index contributed by atoms with van der Waals surface area (Å²) in [5.74, 6) is 1.61. The van der Waals surface area contributed by atoms with E-state index in [1.807, 2.05) is 24.5 Å². The summed E-state index contributed by atoms with van der Waals surface area (Å²) < 4.78 is 0. The van der Waals surface area contributed by atoms with E-state index in [-0.39, 0.29) is 12.0 Å². The van der Waals surface area contributed by atoms with E-state index in [4.69, 9.17) is 15.1 Å². The fourth-order valence-corrected chi connectivity index (χ4v) is 5.19. The molecule has 1 saturated carbocycles. The Labute approximate surface area is 192 Å². The third kappa shape index (κ3) is 4.00. The van der Waals surface area contributed by atoms with E-state index in [0.29, 0.717) is 5.95 Å². The minimum atomic E-state index is -0.927. The van der Waals surface area contributed by atoms with Gasteiger partial charge in [0.05, 0.1) is 11.3 Å². The van der Waals surface area contributed by atoms with Crippen LogP contribution in [0.2, 0.25) is 0 Å². The standard InChI is InChI=1S/C25H28N4O2S/c1-24(2,31)18-6-9-26-21(12-18)17-14-27-23(28-15-17)29-16-25(7-8-25)20-5-4-19(13-22(20)29)32-11-3-10-30/h4-6,9,12-15,30-31H,3,7-8,10-11,16H2,1-2H3. The molecule has 0 atom stereocenters. The summed E-state index contributed by atoms with van der Waals surface area (Å²) in [5, 5.41) is 19.4. The van der Waals surface area contributed by atoms with Crippen LogP contribution in [0.15, 0.2) is 53.8 Å². The van der Waals surface area contributed by atoms with Crippen LogP contribution in [0, 0.1) is 0 Å². The monoisotopic (exact) mass is 448 g/mol. The molecule has 3 aromatic rings. The lowest BCUT2D eigenvalue weighted by Crippen LogP contribution is -2.21. The first-order valence-corrected chi connectivity index (χ1v) is 12.1. The number of hydrogen-bond acceptors (Lipinski definition) is 7. The molecule has 0 amide bonds. The molecule has 1 spiro atoms. The quantitative estimate of drug-likeness (QED) is 0.409. The highest BCUT2D eigenvalue weighted by Gasteiger charge is 2.52. The molecule has 1 fully saturated rings. The number of aliphatic hydroxyl groups is 2. The average molecular weight is 449 g/mol. The van der Waals surface area contributed by atoms with Crippen LogP contribution in [-0.2, 0) is 11.0 Å². The van der Waals surface area contributed by atoms with E-state index in [2.05, 4.69) is 28.1 Å². The number of aromatic nitrogens is 3. The third-order valence-corrected chi connectivity index (χ3v) is 7.44. The lowest BCUT2D eigenvalue weighted by Gasteiger charge is -2.19. The lowest BCUT2D eigenvalue weighted by atomic mass is 9.98. The van der Waals surface area contributed by atoms with Crippen molar-refractivity contribution in [3.8, 4) is 11.3 Å². The van der Waals surface area contributed by atoms with E-state index in [0.717, 1.165) is 35.5 Å². The normalized spacial score (nSPS) is 16.4. The van der Waals surface area contributed by atoms with Crippen molar-refractivity contribution < 1.29 is 10.2 Å². The van der Waals surface area contributed by atoms with Gasteiger partial charge in [0.15, 0.2) is 0 Å². The fourth-order valence-electron chi connectivity index (χ4n) is 4.32. The van der Waals surface area contributed by atoms with Crippen LogP contribution in [-0.4, -0.2) is 44.1 Å². The van der Waals surface area contributed by atoms with Gasteiger partial charge < -0.3 is 15.1 Å². The third-order valence-electron chi connectivity index (χ3n) is 6.36. The number of benzene rings is 1. The molecule has 0 unspecified atom stereocenters. The van der Waals surface area contributed by atoms with Crippen molar-refractivity contribution >= 4 is 23.4 Å². The molecule has 3 heterocycles. The van der Waals surface area contributed by atoms with Gasteiger partial charge in [0.2, 0.25) is 5.95 Å². The second kappa shape index (κ2) is 8.14. The Kier molecular flexibility index (Phi) is 5.43. The van der Waals surface area contributed by atoms with Gasteiger partial charge in [-0.05, 0) is 68.5 Å². The summed E-state index contributed by atoms with van der Waals surface area (Å²) in [6.07, 6.45) is 8.55. The van der Waals surface area contributed by atoms with Crippen LogP contribution in [0.3, 0.4) is 0 Å². The zero-order valence-corrected chi connectivity index (χ0v) is 19.3. The van der Waals surface area contributed by atoms with Crippen LogP contribution in [0.4, 0.5) is 11.6 Å². The van der Waals surface area contributed by atoms with Gasteiger partial charge in [-0.25, -0.2) is 9.97 Å². The van der Waals surface area contributed by atoms with E-state index >= 15 is 0 Å². The van der Waals surface area contributed by atoms with Gasteiger partial charge in [0.1, 0.15) is 0 Å². The van der Waals surface area contributed by atoms with Gasteiger partial charge in [-0.15, -0.1) is 11.8 Å². The summed E-state index contributed by atoms with van der Waals surface area (Å²) in [6.45, 7) is 4.67. The first-order chi connectivity index (χ1) is 15.4. The Morgan fingerprint density at radius 2 is 1.88 bits per heavy atom. The number of hydrogen-bond donors (Lipinski definition) is 2. The van der Waals surface area contributed by atoms with Crippen molar-refractivity contribution in [2.24, 2.45) is 0 Å². The average Bonchev–Trinajstić information content (AvgIpc) is 3.50. The fraction of sp³-hybridized carbons (Fsp3) is 0.400. The molecule has 32 heavy (non-hydrogen) atoms. The van der Waals surface area contributed by atoms with E-state index in [1.54, 1.807) is 31.8 Å². The van der Waals surface area contributed by atoms with Crippen LogP contribution in [0.1, 0.15) is 44.2 Å². The SMILES string of the molecule is CC(C)(O)c1ccnc(-c2cnc(N3CC4(CC4)c4ccc(SCCCO)cc43)nc2)c1. The molecule has 1 aliphatic heterocycles. The zero-order chi connectivity index (χ0) is 22.3. The molecule has 7 heteroatoms. The number of anilines is 2. The van der Waals surface area contributed by atoms with Crippen molar-refractivity contribution in [2.45, 2.75) is 49.0 Å². The van der Waals surface area contributed by atoms with Gasteiger partial charge >= 0.3 is 0 Å². The maximum absolute atomic E-state index is 10.3. The number of nitrogens with zero attached hydrogens (tertiary/aromatic N) is 4. The van der Waals surface area contributed by atoms with Crippen molar-refractivity contribution in [3.63, 3.8) is 0 Å². The molecule has 2 aromatic heterocycles. The van der Waals surface area contributed by atoms with Crippen LogP contribution in [0.25, 0.3) is 11.3 Å². The molecule has 2 aliphatic rings. The van der Waals surface area contributed by atoms with Crippen molar-refractivity contribution in [1.29, 1.82) is 0 Å². The van der Waals surface area contributed by atoms with Gasteiger partial charge in [-0.1, -0.05) is 6.07 Å². The van der Waals surface area contributed by atoms with Crippen molar-refractivity contribution in [2.75, 3.05) is 23.8 Å². The molecule has 1 aromatic carbocycles. The van der Waals surface area contributed by atoms with Gasteiger partial charge in [-0.3, -0.25) is 4.98 Å². The smallest absolute Gasteiger partial charge is 0.229 e. The van der Waals surface area contributed by atoms with Crippen molar-refractivity contribution in [1.82, 2.24) is 15.0 Å². The Balaban J connectivity index is 1.42. The number of fused-ring (bicyclic) bond motifs is 2. The molecular weight excluding hydrogens is 420 g/mol. The van der Waals surface area contributed by atoms with Crippen LogP contribution in [0.5, 0.6) is 0 Å². The number of pyridine rings is 1. The molecular formula is C25H28N4O2S. The molecule has 0 radical (unpaired) electrons. The van der Waals surface area contributed by atoms with E-state index in [9.17, 15) is 5.11 Å². The molecule has 166 valence electrons. The summed E-state index contributed by atoms with van der Waals surface area (Å²) >= 11 is 1.78. The first-order valence-electron chi connectivity index (χ1n) is 11.1. The summed E-state index contributed by atoms with van der Waals surface area (Å²) in [6, 6.07) is 10.4. The van der Waals surface area contributed by atoms with E-state index in [1.165, 1.54) is 29.0 Å². The Hall–Kier alpha value is -2.48. The molecule has 0 saturated heterocycles. The summed E-state index contributed by atoms with van der Waals surface area (Å²) in [5.41, 5.74) is 4.30. The molecule has 6 nitrogen and oxygen atoms in total. The number of thioether (sulfide) groups is 1. The van der Waals surface area contributed by atoms with Gasteiger partial charge in [0.25, 0.3) is 0 Å². The maximum Gasteiger partial charge on any atom is 0.229 e. The summed E-state index contributed by atoms with van der Waals surface area (Å²) in [4.78, 5) is 17.3. The predicted molar refractivity (Wildman–Crippen MR) is 127 cm³/mol. The predicted octanol–water partition coefficient (Wildman–Crippen LogP) is 4.42. The molecule has 5 rings (SSSR count). The lowest BCUT2D eigenvalue weighted by molar-refractivity contribution is 0.0785. The highest BCUT2D eigenvalue weighted by Crippen LogP contribution is 2.58. The van der Waals surface area contributed by atoms with Gasteiger partial charge in [-0.2, -0.15) is 0 Å². The number of aliphatic hydroxyl groups excluding tert-OH is 1. The highest BCUT2D eigenvalue weighted by molar-refractivity contribution is 7.99.